The van der Waals surface area contributed by atoms with Crippen molar-refractivity contribution in [1.29, 1.82) is 0 Å². The molecule has 2 rings (SSSR count). The van der Waals surface area contributed by atoms with Crippen LogP contribution in [-0.2, 0) is 14.3 Å². The topological polar surface area (TPSA) is 66.8 Å². The smallest absolute Gasteiger partial charge is 0.303 e. The van der Waals surface area contributed by atoms with Crippen molar-refractivity contribution in [2.45, 2.75) is 44.9 Å². The van der Waals surface area contributed by atoms with E-state index in [1.165, 1.54) is 0 Å². The first-order valence-electron chi connectivity index (χ1n) is 7.57. The zero-order valence-corrected chi connectivity index (χ0v) is 12.3. The van der Waals surface area contributed by atoms with Crippen molar-refractivity contribution in [2.75, 3.05) is 26.8 Å². The molecular formula is C15H25NO4. The number of carboxylic acid groups (broad SMARTS) is 1. The van der Waals surface area contributed by atoms with Crippen LogP contribution in [0.25, 0.3) is 0 Å². The summed E-state index contributed by atoms with van der Waals surface area (Å²) < 4.78 is 5.24. The highest BCUT2D eigenvalue weighted by Gasteiger charge is 2.46. The summed E-state index contributed by atoms with van der Waals surface area (Å²) in [5, 5.41) is 8.77. The van der Waals surface area contributed by atoms with Crippen LogP contribution in [-0.4, -0.2) is 48.7 Å². The van der Waals surface area contributed by atoms with E-state index in [4.69, 9.17) is 9.84 Å². The molecule has 1 N–H and O–H groups in total. The van der Waals surface area contributed by atoms with Crippen LogP contribution in [0, 0.1) is 11.3 Å². The number of carboxylic acids is 1. The second-order valence-corrected chi connectivity index (χ2v) is 6.26. The van der Waals surface area contributed by atoms with Gasteiger partial charge in [0.15, 0.2) is 0 Å². The molecule has 0 radical (unpaired) electrons. The molecule has 5 nitrogen and oxygen atoms in total. The molecule has 1 saturated carbocycles. The fourth-order valence-corrected chi connectivity index (χ4v) is 3.45. The first-order chi connectivity index (χ1) is 9.57. The third-order valence-electron chi connectivity index (χ3n) is 4.76. The molecule has 0 bridgehead atoms. The summed E-state index contributed by atoms with van der Waals surface area (Å²) in [6, 6.07) is 0. The molecule has 1 amide bonds. The zero-order chi connectivity index (χ0) is 14.6. The fourth-order valence-electron chi connectivity index (χ4n) is 3.45. The predicted octanol–water partition coefficient (Wildman–Crippen LogP) is 1.91. The van der Waals surface area contributed by atoms with Crippen LogP contribution in [0.2, 0.25) is 0 Å². The lowest BCUT2D eigenvalue weighted by atomic mass is 9.68. The molecule has 1 heterocycles. The molecule has 1 atom stereocenters. The third kappa shape index (κ3) is 3.32. The van der Waals surface area contributed by atoms with Crippen molar-refractivity contribution < 1.29 is 19.4 Å². The van der Waals surface area contributed by atoms with Crippen LogP contribution in [0.15, 0.2) is 0 Å². The van der Waals surface area contributed by atoms with E-state index in [0.29, 0.717) is 18.9 Å². The van der Waals surface area contributed by atoms with Gasteiger partial charge in [0.25, 0.3) is 0 Å². The Labute approximate surface area is 120 Å². The van der Waals surface area contributed by atoms with Gasteiger partial charge in [-0.1, -0.05) is 6.42 Å². The van der Waals surface area contributed by atoms with Gasteiger partial charge in [0, 0.05) is 26.6 Å². The van der Waals surface area contributed by atoms with Crippen LogP contribution in [0.3, 0.4) is 0 Å². The number of hydrogen-bond acceptors (Lipinski definition) is 3. The number of amides is 1. The largest absolute Gasteiger partial charge is 0.481 e. The van der Waals surface area contributed by atoms with E-state index < -0.39 is 5.97 Å². The Kier molecular flexibility index (Phi) is 5.02. The highest BCUT2D eigenvalue weighted by Crippen LogP contribution is 2.43. The molecule has 2 fully saturated rings. The highest BCUT2D eigenvalue weighted by atomic mass is 16.5. The standard InChI is InChI=1S/C15H25NO4/c1-20-11-15(7-3-8-15)14(19)16-9-2-4-12(10-16)5-6-13(17)18/h12H,2-11H2,1H3,(H,17,18). The van der Waals surface area contributed by atoms with Crippen molar-refractivity contribution in [1.82, 2.24) is 4.90 Å². The van der Waals surface area contributed by atoms with Gasteiger partial charge in [-0.15, -0.1) is 0 Å². The normalized spacial score (nSPS) is 25.1. The lowest BCUT2D eigenvalue weighted by Gasteiger charge is -2.45. The Morgan fingerprint density at radius 3 is 2.65 bits per heavy atom. The van der Waals surface area contributed by atoms with E-state index in [-0.39, 0.29) is 17.7 Å². The van der Waals surface area contributed by atoms with Crippen LogP contribution >= 0.6 is 0 Å². The van der Waals surface area contributed by atoms with Crippen molar-refractivity contribution in [3.8, 4) is 0 Å². The molecule has 0 spiro atoms. The number of nitrogens with zero attached hydrogens (tertiary/aromatic N) is 1. The maximum absolute atomic E-state index is 12.7. The number of aliphatic carboxylic acids is 1. The van der Waals surface area contributed by atoms with Gasteiger partial charge in [0.05, 0.1) is 12.0 Å². The summed E-state index contributed by atoms with van der Waals surface area (Å²) in [5.41, 5.74) is -0.288. The van der Waals surface area contributed by atoms with Gasteiger partial charge in [-0.2, -0.15) is 0 Å². The molecule has 1 aliphatic carbocycles. The summed E-state index contributed by atoms with van der Waals surface area (Å²) in [4.78, 5) is 25.3. The number of ether oxygens (including phenoxy) is 1. The lowest BCUT2D eigenvalue weighted by Crippen LogP contribution is -2.53. The third-order valence-corrected chi connectivity index (χ3v) is 4.76. The van der Waals surface area contributed by atoms with Crippen LogP contribution < -0.4 is 0 Å². The molecule has 0 aromatic carbocycles. The Balaban J connectivity index is 1.91. The minimum atomic E-state index is -0.747. The first-order valence-corrected chi connectivity index (χ1v) is 7.57. The van der Waals surface area contributed by atoms with E-state index in [0.717, 1.165) is 45.2 Å². The van der Waals surface area contributed by atoms with Gasteiger partial charge in [-0.3, -0.25) is 9.59 Å². The van der Waals surface area contributed by atoms with Gasteiger partial charge in [-0.25, -0.2) is 0 Å². The maximum atomic E-state index is 12.7. The van der Waals surface area contributed by atoms with E-state index in [1.807, 2.05) is 4.90 Å². The Morgan fingerprint density at radius 1 is 1.35 bits per heavy atom. The van der Waals surface area contributed by atoms with Gasteiger partial charge < -0.3 is 14.7 Å². The number of hydrogen-bond donors (Lipinski definition) is 1. The van der Waals surface area contributed by atoms with Gasteiger partial charge in [0.2, 0.25) is 5.91 Å². The SMILES string of the molecule is COCC1(C(=O)N2CCCC(CCC(=O)O)C2)CCC1. The Bertz CT molecular complexity index is 365. The van der Waals surface area contributed by atoms with Gasteiger partial charge in [0.1, 0.15) is 0 Å². The monoisotopic (exact) mass is 283 g/mol. The number of carbonyl (C=O) groups excluding carboxylic acids is 1. The summed E-state index contributed by atoms with van der Waals surface area (Å²) >= 11 is 0. The predicted molar refractivity (Wildman–Crippen MR) is 74.3 cm³/mol. The minimum absolute atomic E-state index is 0.204. The van der Waals surface area contributed by atoms with Crippen molar-refractivity contribution in [3.63, 3.8) is 0 Å². The van der Waals surface area contributed by atoms with Crippen molar-refractivity contribution in [3.05, 3.63) is 0 Å². The zero-order valence-electron chi connectivity index (χ0n) is 12.3. The van der Waals surface area contributed by atoms with Gasteiger partial charge in [-0.05, 0) is 38.0 Å². The second kappa shape index (κ2) is 6.57. The minimum Gasteiger partial charge on any atom is -0.481 e. The van der Waals surface area contributed by atoms with Crippen LogP contribution in [0.5, 0.6) is 0 Å². The number of likely N-dealkylation sites (tertiary alicyclic amines) is 1. The van der Waals surface area contributed by atoms with E-state index in [9.17, 15) is 9.59 Å². The Hall–Kier alpha value is -1.10. The summed E-state index contributed by atoms with van der Waals surface area (Å²) in [6.45, 7) is 2.05. The van der Waals surface area contributed by atoms with E-state index >= 15 is 0 Å². The average Bonchev–Trinajstić information content (AvgIpc) is 2.40. The Morgan fingerprint density at radius 2 is 2.10 bits per heavy atom. The summed E-state index contributed by atoms with van der Waals surface area (Å²) in [5.74, 6) is -0.183. The molecule has 1 aliphatic heterocycles. The molecular weight excluding hydrogens is 258 g/mol. The number of rotatable bonds is 6. The molecule has 2 aliphatic rings. The highest BCUT2D eigenvalue weighted by molar-refractivity contribution is 5.84. The van der Waals surface area contributed by atoms with Gasteiger partial charge >= 0.3 is 5.97 Å². The second-order valence-electron chi connectivity index (χ2n) is 6.26. The number of methoxy groups -OCH3 is 1. The molecule has 1 unspecified atom stereocenters. The lowest BCUT2D eigenvalue weighted by molar-refractivity contribution is -0.154. The molecule has 114 valence electrons. The quantitative estimate of drug-likeness (QED) is 0.808. The molecule has 5 heteroatoms. The molecule has 0 aromatic rings. The number of piperidine rings is 1. The van der Waals surface area contributed by atoms with E-state index in [1.54, 1.807) is 7.11 Å². The first kappa shape index (κ1) is 15.3. The summed E-state index contributed by atoms with van der Waals surface area (Å²) in [6.07, 6.45) is 5.86. The fraction of sp³-hybridized carbons (Fsp3) is 0.867. The summed E-state index contributed by atoms with van der Waals surface area (Å²) in [7, 11) is 1.65. The molecule has 1 saturated heterocycles. The number of carbonyl (C=O) groups is 2. The van der Waals surface area contributed by atoms with E-state index in [2.05, 4.69) is 0 Å². The van der Waals surface area contributed by atoms with Crippen LogP contribution in [0.4, 0.5) is 0 Å². The molecule has 0 aromatic heterocycles. The van der Waals surface area contributed by atoms with Crippen LogP contribution in [0.1, 0.15) is 44.9 Å². The molecule has 20 heavy (non-hydrogen) atoms. The average molecular weight is 283 g/mol. The van der Waals surface area contributed by atoms with Crippen molar-refractivity contribution in [2.24, 2.45) is 11.3 Å². The maximum Gasteiger partial charge on any atom is 0.303 e. The van der Waals surface area contributed by atoms with Crippen molar-refractivity contribution >= 4 is 11.9 Å².